The zero-order chi connectivity index (χ0) is 20.8. The number of likely N-dealkylation sites (tertiary alicyclic amines) is 1. The molecule has 6 nitrogen and oxygen atoms in total. The molecule has 6 unspecified atom stereocenters. The van der Waals surface area contributed by atoms with Crippen molar-refractivity contribution < 1.29 is 18.0 Å². The molecular weight excluding hydrogens is 403 g/mol. The van der Waals surface area contributed by atoms with Crippen molar-refractivity contribution in [1.29, 1.82) is 0 Å². The number of amides is 1. The molecule has 7 atom stereocenters. The van der Waals surface area contributed by atoms with Crippen LogP contribution in [0, 0.1) is 23.7 Å². The van der Waals surface area contributed by atoms with Crippen LogP contribution in [0.1, 0.15) is 39.0 Å². The van der Waals surface area contributed by atoms with Crippen molar-refractivity contribution in [2.75, 3.05) is 26.8 Å². The summed E-state index contributed by atoms with van der Waals surface area (Å²) in [5, 5.41) is 3.81. The first-order chi connectivity index (χ1) is 13.8. The standard InChI is InChI=1S/C19H32F3N5OS/c1-11(29-18-25-24-10-26(18)2)12-6-7-23-16(8-12)27-9-14-13(17(27)28)4-3-5-15(14)19(20,21)22/h11-16,18,23-25H,3-10H2,1-2H3/t11-,12?,13?,14?,15?,16?,18?/m0/s1. The van der Waals surface area contributed by atoms with Crippen LogP contribution in [0.15, 0.2) is 0 Å². The van der Waals surface area contributed by atoms with Crippen LogP contribution in [0.2, 0.25) is 0 Å². The first-order valence-electron chi connectivity index (χ1n) is 10.7. The number of alkyl halides is 3. The average Bonchev–Trinajstić information content (AvgIpc) is 3.24. The number of halogens is 3. The molecule has 1 amide bonds. The lowest BCUT2D eigenvalue weighted by Gasteiger charge is -2.39. The number of fused-ring (bicyclic) bond motifs is 1. The van der Waals surface area contributed by atoms with Gasteiger partial charge in [-0.15, -0.1) is 11.8 Å². The van der Waals surface area contributed by atoms with Crippen molar-refractivity contribution in [1.82, 2.24) is 26.0 Å². The maximum absolute atomic E-state index is 13.5. The van der Waals surface area contributed by atoms with Crippen molar-refractivity contribution in [3.8, 4) is 0 Å². The predicted molar refractivity (Wildman–Crippen MR) is 106 cm³/mol. The number of piperidine rings is 1. The second kappa shape index (κ2) is 8.53. The Morgan fingerprint density at radius 3 is 2.72 bits per heavy atom. The van der Waals surface area contributed by atoms with Gasteiger partial charge in [0.1, 0.15) is 5.50 Å². The van der Waals surface area contributed by atoms with Crippen molar-refractivity contribution in [2.24, 2.45) is 23.7 Å². The molecule has 1 saturated carbocycles. The van der Waals surface area contributed by atoms with E-state index in [0.717, 1.165) is 26.1 Å². The van der Waals surface area contributed by atoms with Crippen LogP contribution in [0.25, 0.3) is 0 Å². The first kappa shape index (κ1) is 21.7. The number of nitrogens with one attached hydrogen (secondary N) is 3. The molecule has 10 heteroatoms. The maximum atomic E-state index is 13.5. The fourth-order valence-electron chi connectivity index (χ4n) is 5.53. The summed E-state index contributed by atoms with van der Waals surface area (Å²) in [7, 11) is 2.06. The minimum absolute atomic E-state index is 0.0659. The molecule has 4 rings (SSSR count). The van der Waals surface area contributed by atoms with Gasteiger partial charge < -0.3 is 4.90 Å². The molecule has 0 spiro atoms. The lowest BCUT2D eigenvalue weighted by molar-refractivity contribution is -0.198. The summed E-state index contributed by atoms with van der Waals surface area (Å²) in [5.74, 6) is -2.00. The number of thioether (sulfide) groups is 1. The van der Waals surface area contributed by atoms with Gasteiger partial charge in [-0.2, -0.15) is 13.2 Å². The highest BCUT2D eigenvalue weighted by molar-refractivity contribution is 8.00. The third-order valence-electron chi connectivity index (χ3n) is 7.25. The van der Waals surface area contributed by atoms with E-state index in [9.17, 15) is 18.0 Å². The Morgan fingerprint density at radius 1 is 1.24 bits per heavy atom. The highest BCUT2D eigenvalue weighted by Gasteiger charge is 2.55. The highest BCUT2D eigenvalue weighted by Crippen LogP contribution is 2.48. The number of carbonyl (C=O) groups is 1. The van der Waals surface area contributed by atoms with E-state index in [2.05, 4.69) is 35.0 Å². The van der Waals surface area contributed by atoms with Gasteiger partial charge in [-0.1, -0.05) is 13.3 Å². The van der Waals surface area contributed by atoms with Crippen LogP contribution in [0.4, 0.5) is 13.2 Å². The molecule has 166 valence electrons. The fraction of sp³-hybridized carbons (Fsp3) is 0.947. The number of hydrogen-bond acceptors (Lipinski definition) is 6. The van der Waals surface area contributed by atoms with Crippen LogP contribution in [0.3, 0.4) is 0 Å². The molecule has 4 fully saturated rings. The minimum atomic E-state index is -4.21. The monoisotopic (exact) mass is 435 g/mol. The van der Waals surface area contributed by atoms with Crippen molar-refractivity contribution in [2.45, 2.75) is 62.1 Å². The van der Waals surface area contributed by atoms with E-state index < -0.39 is 23.9 Å². The minimum Gasteiger partial charge on any atom is -0.327 e. The second-order valence-electron chi connectivity index (χ2n) is 9.02. The Balaban J connectivity index is 1.40. The van der Waals surface area contributed by atoms with Gasteiger partial charge in [0, 0.05) is 17.7 Å². The zero-order valence-electron chi connectivity index (χ0n) is 17.0. The molecule has 0 radical (unpaired) electrons. The summed E-state index contributed by atoms with van der Waals surface area (Å²) >= 11 is 1.86. The van der Waals surface area contributed by atoms with Crippen LogP contribution in [-0.4, -0.2) is 65.6 Å². The molecule has 0 aromatic heterocycles. The first-order valence-corrected chi connectivity index (χ1v) is 11.6. The zero-order valence-corrected chi connectivity index (χ0v) is 17.9. The number of carbonyl (C=O) groups excluding carboxylic acids is 1. The van der Waals surface area contributed by atoms with E-state index in [1.807, 2.05) is 11.8 Å². The SMILES string of the molecule is C[C@H](SC1NNCN1C)C1CCNC(N2CC3C(CCCC3C(F)(F)F)C2=O)C1. The quantitative estimate of drug-likeness (QED) is 0.629. The third-order valence-corrected chi connectivity index (χ3v) is 8.80. The van der Waals surface area contributed by atoms with E-state index in [1.165, 1.54) is 0 Å². The summed E-state index contributed by atoms with van der Waals surface area (Å²) in [6.07, 6.45) is -1.26. The van der Waals surface area contributed by atoms with Crippen molar-refractivity contribution in [3.05, 3.63) is 0 Å². The Morgan fingerprint density at radius 2 is 2.03 bits per heavy atom. The van der Waals surface area contributed by atoms with Gasteiger partial charge in [-0.25, -0.2) is 10.9 Å². The number of nitrogens with zero attached hydrogens (tertiary/aromatic N) is 2. The Labute approximate surface area is 174 Å². The molecule has 1 aliphatic carbocycles. The number of hydrogen-bond donors (Lipinski definition) is 3. The van der Waals surface area contributed by atoms with E-state index in [1.54, 1.807) is 4.90 Å². The lowest BCUT2D eigenvalue weighted by Crippen LogP contribution is -2.52. The van der Waals surface area contributed by atoms with E-state index >= 15 is 0 Å². The molecule has 0 bridgehead atoms. The van der Waals surface area contributed by atoms with Gasteiger partial charge in [0.05, 0.1) is 18.8 Å². The van der Waals surface area contributed by atoms with Gasteiger partial charge in [0.15, 0.2) is 0 Å². The lowest BCUT2D eigenvalue weighted by atomic mass is 9.73. The predicted octanol–water partition coefficient (Wildman–Crippen LogP) is 2.15. The normalized spacial score (nSPS) is 40.3. The van der Waals surface area contributed by atoms with Crippen LogP contribution in [-0.2, 0) is 4.79 Å². The van der Waals surface area contributed by atoms with Crippen LogP contribution < -0.4 is 16.2 Å². The number of rotatable bonds is 4. The third kappa shape index (κ3) is 4.42. The number of hydrazine groups is 1. The van der Waals surface area contributed by atoms with Gasteiger partial charge in [0.25, 0.3) is 0 Å². The molecule has 0 aromatic carbocycles. The van der Waals surface area contributed by atoms with Gasteiger partial charge in [0.2, 0.25) is 5.91 Å². The fourth-order valence-corrected chi connectivity index (χ4v) is 6.84. The Hall–Kier alpha value is -0.550. The largest absolute Gasteiger partial charge is 0.392 e. The Bertz CT molecular complexity index is 609. The van der Waals surface area contributed by atoms with Gasteiger partial charge in [-0.05, 0) is 51.1 Å². The molecule has 0 aromatic rings. The second-order valence-corrected chi connectivity index (χ2v) is 10.5. The molecular formula is C19H32F3N5OS. The molecule has 29 heavy (non-hydrogen) atoms. The molecule has 3 aliphatic heterocycles. The van der Waals surface area contributed by atoms with Crippen molar-refractivity contribution >= 4 is 17.7 Å². The maximum Gasteiger partial charge on any atom is 0.392 e. The highest BCUT2D eigenvalue weighted by atomic mass is 32.2. The summed E-state index contributed by atoms with van der Waals surface area (Å²) in [6.45, 7) is 4.06. The van der Waals surface area contributed by atoms with Gasteiger partial charge >= 0.3 is 6.18 Å². The van der Waals surface area contributed by atoms with Crippen LogP contribution in [0.5, 0.6) is 0 Å². The molecule has 4 aliphatic rings. The summed E-state index contributed by atoms with van der Waals surface area (Å²) in [6, 6.07) is 0. The average molecular weight is 436 g/mol. The molecule has 3 N–H and O–H groups in total. The van der Waals surface area contributed by atoms with E-state index in [0.29, 0.717) is 24.0 Å². The van der Waals surface area contributed by atoms with E-state index in [-0.39, 0.29) is 30.5 Å². The van der Waals surface area contributed by atoms with Gasteiger partial charge in [-0.3, -0.25) is 15.0 Å². The van der Waals surface area contributed by atoms with E-state index in [4.69, 9.17) is 0 Å². The summed E-state index contributed by atoms with van der Waals surface area (Å²) < 4.78 is 40.5. The molecule has 3 saturated heterocycles. The smallest absolute Gasteiger partial charge is 0.327 e. The summed E-state index contributed by atoms with van der Waals surface area (Å²) in [5.41, 5.74) is 6.60. The molecule has 3 heterocycles. The van der Waals surface area contributed by atoms with Crippen LogP contribution >= 0.6 is 11.8 Å². The summed E-state index contributed by atoms with van der Waals surface area (Å²) in [4.78, 5) is 16.9. The Kier molecular flexibility index (Phi) is 6.37. The van der Waals surface area contributed by atoms with Crippen molar-refractivity contribution in [3.63, 3.8) is 0 Å². The topological polar surface area (TPSA) is 59.6 Å².